The molecule has 2 heterocycles. The number of ether oxygens (including phenoxy) is 1. The average Bonchev–Trinajstić information content (AvgIpc) is 2.58. The van der Waals surface area contributed by atoms with E-state index in [1.807, 2.05) is 0 Å². The zero-order chi connectivity index (χ0) is 16.4. The second kappa shape index (κ2) is 6.72. The maximum absolute atomic E-state index is 13.6. The van der Waals surface area contributed by atoms with Crippen LogP contribution in [0.25, 0.3) is 0 Å². The normalized spacial score (nSPS) is 17.0. The standard InChI is InChI=1S/C15H12BrClFN3O2/c1-22-15-9(16)3-5-12(20-15)14-19-13(7-23-21-14)8-2-4-10(17)11(18)6-8/h2-6,13H,7H2,1H3,(H,19,21). The van der Waals surface area contributed by atoms with Crippen molar-refractivity contribution in [3.8, 4) is 5.88 Å². The van der Waals surface area contributed by atoms with Gasteiger partial charge in [-0.25, -0.2) is 9.37 Å². The molecule has 0 spiro atoms. The molecule has 1 aromatic heterocycles. The number of benzene rings is 1. The lowest BCUT2D eigenvalue weighted by Gasteiger charge is -2.24. The molecule has 120 valence electrons. The van der Waals surface area contributed by atoms with Crippen LogP contribution in [0.4, 0.5) is 4.39 Å². The summed E-state index contributed by atoms with van der Waals surface area (Å²) in [5, 5.41) is 7.24. The van der Waals surface area contributed by atoms with Crippen molar-refractivity contribution in [3.05, 3.63) is 56.9 Å². The van der Waals surface area contributed by atoms with Gasteiger partial charge in [-0.2, -0.15) is 0 Å². The maximum atomic E-state index is 13.6. The molecule has 1 unspecified atom stereocenters. The van der Waals surface area contributed by atoms with Crippen LogP contribution in [-0.2, 0) is 4.84 Å². The summed E-state index contributed by atoms with van der Waals surface area (Å²) >= 11 is 9.06. The Morgan fingerprint density at radius 3 is 2.96 bits per heavy atom. The van der Waals surface area contributed by atoms with E-state index in [9.17, 15) is 4.39 Å². The molecule has 1 N–H and O–H groups in total. The summed E-state index contributed by atoms with van der Waals surface area (Å²) in [5.74, 6) is 0.410. The molecule has 0 amide bonds. The van der Waals surface area contributed by atoms with E-state index in [1.165, 1.54) is 19.2 Å². The van der Waals surface area contributed by atoms with Crippen molar-refractivity contribution in [2.75, 3.05) is 13.7 Å². The number of nitrogens with one attached hydrogen (secondary N) is 1. The molecule has 0 aliphatic carbocycles. The molecule has 0 bridgehead atoms. The molecule has 1 aliphatic rings. The van der Waals surface area contributed by atoms with Gasteiger partial charge in [0.1, 0.15) is 18.1 Å². The van der Waals surface area contributed by atoms with E-state index in [-0.39, 0.29) is 17.7 Å². The molecule has 0 radical (unpaired) electrons. The summed E-state index contributed by atoms with van der Waals surface area (Å²) in [7, 11) is 1.53. The SMILES string of the molecule is COc1nc(C2=NOCC(c3ccc(Cl)c(F)c3)N2)ccc1Br. The Morgan fingerprint density at radius 1 is 1.39 bits per heavy atom. The van der Waals surface area contributed by atoms with E-state index in [0.29, 0.717) is 23.0 Å². The van der Waals surface area contributed by atoms with Crippen LogP contribution in [0.2, 0.25) is 5.02 Å². The molecule has 23 heavy (non-hydrogen) atoms. The minimum atomic E-state index is -0.474. The van der Waals surface area contributed by atoms with Gasteiger partial charge in [-0.05, 0) is 45.8 Å². The number of halogens is 3. The maximum Gasteiger partial charge on any atom is 0.228 e. The zero-order valence-electron chi connectivity index (χ0n) is 12.0. The summed E-state index contributed by atoms with van der Waals surface area (Å²) < 4.78 is 19.5. The minimum absolute atomic E-state index is 0.0821. The van der Waals surface area contributed by atoms with E-state index in [2.05, 4.69) is 31.4 Å². The lowest BCUT2D eigenvalue weighted by atomic mass is 10.1. The van der Waals surface area contributed by atoms with Gasteiger partial charge in [0, 0.05) is 0 Å². The van der Waals surface area contributed by atoms with E-state index in [4.69, 9.17) is 21.2 Å². The monoisotopic (exact) mass is 399 g/mol. The first-order valence-electron chi connectivity index (χ1n) is 6.71. The Morgan fingerprint density at radius 2 is 2.22 bits per heavy atom. The Balaban J connectivity index is 1.85. The fraction of sp³-hybridized carbons (Fsp3) is 0.200. The number of pyridine rings is 1. The van der Waals surface area contributed by atoms with Crippen LogP contribution in [-0.4, -0.2) is 24.5 Å². The number of amidine groups is 1. The lowest BCUT2D eigenvalue weighted by molar-refractivity contribution is 0.109. The number of hydrogen-bond acceptors (Lipinski definition) is 5. The molecule has 2 aromatic rings. The first kappa shape index (κ1) is 16.0. The first-order valence-corrected chi connectivity index (χ1v) is 7.88. The second-order valence-corrected chi connectivity index (χ2v) is 6.06. The highest BCUT2D eigenvalue weighted by Gasteiger charge is 2.22. The molecule has 0 fully saturated rings. The van der Waals surface area contributed by atoms with Crippen LogP contribution in [0.15, 0.2) is 40.0 Å². The molecule has 8 heteroatoms. The van der Waals surface area contributed by atoms with Gasteiger partial charge in [-0.1, -0.05) is 22.8 Å². The molecule has 3 rings (SSSR count). The third-order valence-corrected chi connectivity index (χ3v) is 4.21. The lowest BCUT2D eigenvalue weighted by Crippen LogP contribution is -2.36. The predicted octanol–water partition coefficient (Wildman–Crippen LogP) is 3.67. The van der Waals surface area contributed by atoms with Gasteiger partial charge < -0.3 is 14.9 Å². The van der Waals surface area contributed by atoms with Crippen LogP contribution >= 0.6 is 27.5 Å². The molecule has 1 aromatic carbocycles. The third-order valence-electron chi connectivity index (χ3n) is 3.30. The van der Waals surface area contributed by atoms with Crippen molar-refractivity contribution in [2.24, 2.45) is 5.16 Å². The molecule has 5 nitrogen and oxygen atoms in total. The topological polar surface area (TPSA) is 55.7 Å². The van der Waals surface area contributed by atoms with Crippen LogP contribution in [0.5, 0.6) is 5.88 Å². The molecule has 1 aliphatic heterocycles. The number of nitrogens with zero attached hydrogens (tertiary/aromatic N) is 2. The van der Waals surface area contributed by atoms with Crippen molar-refractivity contribution >= 4 is 33.4 Å². The van der Waals surface area contributed by atoms with Crippen LogP contribution < -0.4 is 10.1 Å². The minimum Gasteiger partial charge on any atom is -0.480 e. The molecule has 0 saturated carbocycles. The molecular weight excluding hydrogens is 389 g/mol. The highest BCUT2D eigenvalue weighted by molar-refractivity contribution is 9.10. The van der Waals surface area contributed by atoms with Gasteiger partial charge in [0.25, 0.3) is 0 Å². The summed E-state index contributed by atoms with van der Waals surface area (Å²) in [6, 6.07) is 7.95. The van der Waals surface area contributed by atoms with Gasteiger partial charge in [-0.15, -0.1) is 0 Å². The van der Waals surface area contributed by atoms with Crippen molar-refractivity contribution in [1.82, 2.24) is 10.3 Å². The van der Waals surface area contributed by atoms with Gasteiger partial charge in [0.2, 0.25) is 5.88 Å². The number of aromatic nitrogens is 1. The van der Waals surface area contributed by atoms with Crippen LogP contribution in [0, 0.1) is 5.82 Å². The van der Waals surface area contributed by atoms with Crippen molar-refractivity contribution in [3.63, 3.8) is 0 Å². The number of oxime groups is 1. The number of rotatable bonds is 3. The summed E-state index contributed by atoms with van der Waals surface area (Å²) in [6.07, 6.45) is 0. The highest BCUT2D eigenvalue weighted by atomic mass is 79.9. The Hall–Kier alpha value is -1.86. The molecule has 1 atom stereocenters. The smallest absolute Gasteiger partial charge is 0.228 e. The second-order valence-electron chi connectivity index (χ2n) is 4.79. The van der Waals surface area contributed by atoms with E-state index in [1.54, 1.807) is 18.2 Å². The quantitative estimate of drug-likeness (QED) is 0.854. The van der Waals surface area contributed by atoms with Crippen molar-refractivity contribution in [2.45, 2.75) is 6.04 Å². The van der Waals surface area contributed by atoms with Crippen LogP contribution in [0.1, 0.15) is 17.3 Å². The van der Waals surface area contributed by atoms with Gasteiger partial charge in [0.05, 0.1) is 22.6 Å². The Bertz CT molecular complexity index is 772. The number of methoxy groups -OCH3 is 1. The third kappa shape index (κ3) is 3.40. The van der Waals surface area contributed by atoms with Gasteiger partial charge in [0.15, 0.2) is 5.84 Å². The predicted molar refractivity (Wildman–Crippen MR) is 88.3 cm³/mol. The van der Waals surface area contributed by atoms with E-state index in [0.717, 1.165) is 4.47 Å². The largest absolute Gasteiger partial charge is 0.480 e. The summed E-state index contributed by atoms with van der Waals surface area (Å²) in [4.78, 5) is 9.59. The Labute approximate surface area is 145 Å². The highest BCUT2D eigenvalue weighted by Crippen LogP contribution is 2.25. The first-order chi connectivity index (χ1) is 11.1. The number of hydrogen-bond donors (Lipinski definition) is 1. The fourth-order valence-electron chi connectivity index (χ4n) is 2.14. The van der Waals surface area contributed by atoms with E-state index >= 15 is 0 Å². The molecular formula is C15H12BrClFN3O2. The fourth-order valence-corrected chi connectivity index (χ4v) is 2.64. The van der Waals surface area contributed by atoms with Gasteiger partial charge >= 0.3 is 0 Å². The molecule has 0 saturated heterocycles. The van der Waals surface area contributed by atoms with Crippen LogP contribution in [0.3, 0.4) is 0 Å². The zero-order valence-corrected chi connectivity index (χ0v) is 14.4. The summed E-state index contributed by atoms with van der Waals surface area (Å²) in [5.41, 5.74) is 1.27. The summed E-state index contributed by atoms with van der Waals surface area (Å²) in [6.45, 7) is 0.276. The Kier molecular flexibility index (Phi) is 4.68. The van der Waals surface area contributed by atoms with Gasteiger partial charge in [-0.3, -0.25) is 0 Å². The van der Waals surface area contributed by atoms with Crippen molar-refractivity contribution in [1.29, 1.82) is 0 Å². The van der Waals surface area contributed by atoms with Crippen molar-refractivity contribution < 1.29 is 14.0 Å². The van der Waals surface area contributed by atoms with E-state index < -0.39 is 5.82 Å². The average molecular weight is 401 g/mol.